The second-order valence-electron chi connectivity index (χ2n) is 6.62. The zero-order chi connectivity index (χ0) is 19.1. The summed E-state index contributed by atoms with van der Waals surface area (Å²) in [6.07, 6.45) is 0. The number of rotatable bonds is 7. The minimum Gasteiger partial charge on any atom is -0.484 e. The lowest BCUT2D eigenvalue weighted by molar-refractivity contribution is -0.123. The molecule has 1 atom stereocenters. The molecule has 0 aliphatic carbocycles. The summed E-state index contributed by atoms with van der Waals surface area (Å²) in [7, 11) is 0. The Morgan fingerprint density at radius 1 is 1.15 bits per heavy atom. The Labute approximate surface area is 159 Å². The van der Waals surface area contributed by atoms with Crippen LogP contribution >= 0.6 is 0 Å². The Morgan fingerprint density at radius 2 is 1.81 bits per heavy atom. The van der Waals surface area contributed by atoms with Gasteiger partial charge in [0, 0.05) is 19.6 Å². The molecule has 0 spiro atoms. The maximum atomic E-state index is 13.3. The van der Waals surface area contributed by atoms with Crippen molar-refractivity contribution in [3.8, 4) is 5.75 Å². The van der Waals surface area contributed by atoms with Crippen molar-refractivity contribution in [2.75, 3.05) is 39.5 Å². The number of hydrogen-bond acceptors (Lipinski definition) is 4. The van der Waals surface area contributed by atoms with Crippen molar-refractivity contribution in [1.29, 1.82) is 0 Å². The first-order chi connectivity index (χ1) is 13.1. The van der Waals surface area contributed by atoms with E-state index in [0.717, 1.165) is 24.2 Å². The highest BCUT2D eigenvalue weighted by atomic mass is 19.1. The molecular formula is C21H25FN2O3. The van der Waals surface area contributed by atoms with E-state index in [2.05, 4.69) is 10.2 Å². The van der Waals surface area contributed by atoms with Crippen LogP contribution in [0.5, 0.6) is 5.75 Å². The Balaban J connectivity index is 1.57. The number of aryl methyl sites for hydroxylation is 1. The van der Waals surface area contributed by atoms with E-state index < -0.39 is 0 Å². The molecule has 0 aromatic heterocycles. The van der Waals surface area contributed by atoms with Gasteiger partial charge in [0.15, 0.2) is 6.61 Å². The molecule has 0 bridgehead atoms. The van der Waals surface area contributed by atoms with Gasteiger partial charge in [-0.1, -0.05) is 29.8 Å². The molecule has 0 radical (unpaired) electrons. The van der Waals surface area contributed by atoms with E-state index in [4.69, 9.17) is 9.47 Å². The molecule has 1 N–H and O–H groups in total. The van der Waals surface area contributed by atoms with Crippen LogP contribution in [0.1, 0.15) is 17.2 Å². The van der Waals surface area contributed by atoms with Crippen molar-refractivity contribution in [3.05, 3.63) is 65.5 Å². The number of benzene rings is 2. The van der Waals surface area contributed by atoms with Gasteiger partial charge in [0.2, 0.25) is 0 Å². The molecule has 1 fully saturated rings. The van der Waals surface area contributed by atoms with Gasteiger partial charge in [-0.2, -0.15) is 0 Å². The number of amides is 1. The predicted octanol–water partition coefficient (Wildman–Crippen LogP) is 2.70. The topological polar surface area (TPSA) is 50.8 Å². The van der Waals surface area contributed by atoms with Crippen LogP contribution in [0.15, 0.2) is 48.5 Å². The largest absolute Gasteiger partial charge is 0.484 e. The highest BCUT2D eigenvalue weighted by molar-refractivity contribution is 5.77. The summed E-state index contributed by atoms with van der Waals surface area (Å²) >= 11 is 0. The second kappa shape index (κ2) is 9.48. The molecule has 2 aromatic rings. The lowest BCUT2D eigenvalue weighted by Gasteiger charge is -2.35. The summed E-state index contributed by atoms with van der Waals surface area (Å²) in [6.45, 7) is 5.25. The number of carbonyl (C=O) groups excluding carboxylic acids is 1. The molecule has 27 heavy (non-hydrogen) atoms. The van der Waals surface area contributed by atoms with Gasteiger partial charge in [0.25, 0.3) is 5.91 Å². The van der Waals surface area contributed by atoms with Gasteiger partial charge in [-0.15, -0.1) is 0 Å². The predicted molar refractivity (Wildman–Crippen MR) is 101 cm³/mol. The van der Waals surface area contributed by atoms with Crippen LogP contribution in [0.25, 0.3) is 0 Å². The summed E-state index contributed by atoms with van der Waals surface area (Å²) in [5.41, 5.74) is 2.11. The first-order valence-corrected chi connectivity index (χ1v) is 9.15. The van der Waals surface area contributed by atoms with Gasteiger partial charge in [0.1, 0.15) is 11.6 Å². The monoisotopic (exact) mass is 372 g/mol. The Morgan fingerprint density at radius 3 is 2.48 bits per heavy atom. The van der Waals surface area contributed by atoms with Crippen LogP contribution in [-0.2, 0) is 9.53 Å². The minimum atomic E-state index is -0.269. The Hall–Kier alpha value is -2.44. The molecule has 1 heterocycles. The molecule has 3 rings (SSSR count). The fraction of sp³-hybridized carbons (Fsp3) is 0.381. The molecule has 1 amide bonds. The first kappa shape index (κ1) is 19.3. The van der Waals surface area contributed by atoms with Crippen molar-refractivity contribution in [2.24, 2.45) is 0 Å². The third-order valence-electron chi connectivity index (χ3n) is 4.62. The average molecular weight is 372 g/mol. The van der Waals surface area contributed by atoms with Gasteiger partial charge in [-0.25, -0.2) is 4.39 Å². The summed E-state index contributed by atoms with van der Waals surface area (Å²) < 4.78 is 24.2. The van der Waals surface area contributed by atoms with Crippen LogP contribution in [0, 0.1) is 12.7 Å². The minimum absolute atomic E-state index is 0.0298. The highest BCUT2D eigenvalue weighted by Crippen LogP contribution is 2.21. The Kier molecular flexibility index (Phi) is 6.79. The van der Waals surface area contributed by atoms with E-state index in [1.165, 1.54) is 12.1 Å². The maximum Gasteiger partial charge on any atom is 0.258 e. The number of ether oxygens (including phenoxy) is 2. The van der Waals surface area contributed by atoms with E-state index in [-0.39, 0.29) is 24.4 Å². The van der Waals surface area contributed by atoms with Crippen LogP contribution in [0.3, 0.4) is 0 Å². The van der Waals surface area contributed by atoms with E-state index in [1.54, 1.807) is 12.1 Å². The summed E-state index contributed by atoms with van der Waals surface area (Å²) in [5.74, 6) is 0.213. The van der Waals surface area contributed by atoms with Crippen LogP contribution in [0.2, 0.25) is 0 Å². The lowest BCUT2D eigenvalue weighted by Crippen LogP contribution is -2.44. The van der Waals surface area contributed by atoms with E-state index in [0.29, 0.717) is 25.5 Å². The molecule has 2 aromatic carbocycles. The number of hydrogen-bond donors (Lipinski definition) is 1. The standard InChI is InChI=1S/C21H25FN2O3/c1-16-2-8-19(9-3-16)27-15-21(25)23-14-20(24-10-12-26-13-11-24)17-4-6-18(22)7-5-17/h2-9,20H,10-15H2,1H3,(H,23,25)/t20-/m0/s1. The summed E-state index contributed by atoms with van der Waals surface area (Å²) in [5, 5.41) is 2.93. The molecule has 144 valence electrons. The van der Waals surface area contributed by atoms with Crippen molar-refractivity contribution in [1.82, 2.24) is 10.2 Å². The third-order valence-corrected chi connectivity index (χ3v) is 4.62. The molecular weight excluding hydrogens is 347 g/mol. The zero-order valence-corrected chi connectivity index (χ0v) is 15.5. The second-order valence-corrected chi connectivity index (χ2v) is 6.62. The average Bonchev–Trinajstić information content (AvgIpc) is 2.70. The number of carbonyl (C=O) groups is 1. The van der Waals surface area contributed by atoms with E-state index in [9.17, 15) is 9.18 Å². The van der Waals surface area contributed by atoms with Crippen molar-refractivity contribution in [3.63, 3.8) is 0 Å². The van der Waals surface area contributed by atoms with Gasteiger partial charge in [-0.05, 0) is 36.8 Å². The van der Waals surface area contributed by atoms with Gasteiger partial charge < -0.3 is 14.8 Å². The number of nitrogens with zero attached hydrogens (tertiary/aromatic N) is 1. The smallest absolute Gasteiger partial charge is 0.258 e. The molecule has 6 heteroatoms. The van der Waals surface area contributed by atoms with Gasteiger partial charge in [0.05, 0.1) is 19.3 Å². The van der Waals surface area contributed by atoms with E-state index in [1.807, 2.05) is 31.2 Å². The number of halogens is 1. The summed E-state index contributed by atoms with van der Waals surface area (Å²) in [4.78, 5) is 14.5. The molecule has 1 saturated heterocycles. The van der Waals surface area contributed by atoms with E-state index >= 15 is 0 Å². The SMILES string of the molecule is Cc1ccc(OCC(=O)NC[C@@H](c2ccc(F)cc2)N2CCOCC2)cc1. The van der Waals surface area contributed by atoms with Crippen LogP contribution in [-0.4, -0.2) is 50.3 Å². The first-order valence-electron chi connectivity index (χ1n) is 9.15. The summed E-state index contributed by atoms with van der Waals surface area (Å²) in [6, 6.07) is 14.0. The zero-order valence-electron chi connectivity index (χ0n) is 15.5. The maximum absolute atomic E-state index is 13.3. The van der Waals surface area contributed by atoms with Crippen molar-refractivity contribution >= 4 is 5.91 Å². The highest BCUT2D eigenvalue weighted by Gasteiger charge is 2.23. The van der Waals surface area contributed by atoms with Crippen molar-refractivity contribution < 1.29 is 18.7 Å². The van der Waals surface area contributed by atoms with Crippen LogP contribution in [0.4, 0.5) is 4.39 Å². The third kappa shape index (κ3) is 5.77. The fourth-order valence-corrected chi connectivity index (χ4v) is 3.08. The van der Waals surface area contributed by atoms with Gasteiger partial charge in [-0.3, -0.25) is 9.69 Å². The fourth-order valence-electron chi connectivity index (χ4n) is 3.08. The normalized spacial score (nSPS) is 15.9. The number of morpholine rings is 1. The molecule has 1 aliphatic rings. The Bertz CT molecular complexity index is 728. The molecule has 1 aliphatic heterocycles. The van der Waals surface area contributed by atoms with Crippen molar-refractivity contribution in [2.45, 2.75) is 13.0 Å². The molecule has 0 saturated carbocycles. The quantitative estimate of drug-likeness (QED) is 0.812. The van der Waals surface area contributed by atoms with Gasteiger partial charge >= 0.3 is 0 Å². The lowest BCUT2D eigenvalue weighted by atomic mass is 10.0. The number of nitrogens with one attached hydrogen (secondary N) is 1. The molecule has 5 nitrogen and oxygen atoms in total. The molecule has 0 unspecified atom stereocenters. The van der Waals surface area contributed by atoms with Crippen LogP contribution < -0.4 is 10.1 Å².